The molecule has 2 aliphatic rings. The van der Waals surface area contributed by atoms with Crippen LogP contribution in [0, 0.1) is 27.7 Å². The highest BCUT2D eigenvalue weighted by atomic mass is 16.5. The van der Waals surface area contributed by atoms with Crippen LogP contribution in [0.2, 0.25) is 0 Å². The predicted octanol–water partition coefficient (Wildman–Crippen LogP) is 4.04. The summed E-state index contributed by atoms with van der Waals surface area (Å²) in [4.78, 5) is 9.50. The number of β-amino-alcohol motifs (C(OH)–C–C–N with tert-alkyl or cyclic N) is 2. The van der Waals surface area contributed by atoms with Gasteiger partial charge in [0.15, 0.2) is 0 Å². The van der Waals surface area contributed by atoms with Gasteiger partial charge in [-0.3, -0.25) is 9.80 Å². The molecule has 0 saturated carbocycles. The van der Waals surface area contributed by atoms with E-state index in [9.17, 15) is 10.2 Å². The van der Waals surface area contributed by atoms with Gasteiger partial charge in [0.25, 0.3) is 0 Å². The minimum atomic E-state index is -0.559. The molecule has 8 heteroatoms. The lowest BCUT2D eigenvalue weighted by molar-refractivity contribution is 0.0650. The van der Waals surface area contributed by atoms with Gasteiger partial charge in [-0.1, -0.05) is 24.3 Å². The number of hydrogen-bond acceptors (Lipinski definition) is 8. The van der Waals surface area contributed by atoms with Crippen molar-refractivity contribution < 1.29 is 19.7 Å². The summed E-state index contributed by atoms with van der Waals surface area (Å²) in [5.41, 5.74) is 7.98. The Hall–Kier alpha value is -3.30. The summed E-state index contributed by atoms with van der Waals surface area (Å²) in [6.45, 7) is 17.9. The third kappa shape index (κ3) is 8.45. The Morgan fingerprint density at radius 2 is 0.909 bits per heavy atom. The van der Waals surface area contributed by atoms with Gasteiger partial charge in [0.05, 0.1) is 0 Å². The maximum Gasteiger partial charge on any atom is 0.119 e. The van der Waals surface area contributed by atoms with Crippen molar-refractivity contribution in [1.29, 1.82) is 0 Å². The van der Waals surface area contributed by atoms with Crippen molar-refractivity contribution in [2.45, 2.75) is 39.9 Å². The first-order valence-electron chi connectivity index (χ1n) is 16.1. The van der Waals surface area contributed by atoms with Crippen LogP contribution in [-0.2, 0) is 0 Å². The number of nitrogens with zero attached hydrogens (tertiary/aromatic N) is 4. The molecule has 2 N–H and O–H groups in total. The van der Waals surface area contributed by atoms with Gasteiger partial charge in [-0.25, -0.2) is 0 Å². The van der Waals surface area contributed by atoms with Crippen molar-refractivity contribution in [1.82, 2.24) is 9.80 Å². The highest BCUT2D eigenvalue weighted by Crippen LogP contribution is 2.25. The van der Waals surface area contributed by atoms with Gasteiger partial charge in [-0.15, -0.1) is 0 Å². The number of piperazine rings is 2. The van der Waals surface area contributed by atoms with Crippen LogP contribution in [0.25, 0.3) is 0 Å². The molecule has 44 heavy (non-hydrogen) atoms. The van der Waals surface area contributed by atoms with Gasteiger partial charge >= 0.3 is 0 Å². The third-order valence-electron chi connectivity index (χ3n) is 9.22. The lowest BCUT2D eigenvalue weighted by Crippen LogP contribution is -2.49. The molecule has 2 unspecified atom stereocenters. The fraction of sp³-hybridized carbons (Fsp3) is 0.500. The maximum atomic E-state index is 10.6. The zero-order chi connectivity index (χ0) is 31.1. The highest BCUT2D eigenvalue weighted by molar-refractivity contribution is 5.57. The number of aliphatic hydroxyl groups excluding tert-OH is 2. The molecule has 0 amide bonds. The summed E-state index contributed by atoms with van der Waals surface area (Å²) in [6, 6.07) is 20.4. The molecule has 3 aromatic carbocycles. The topological polar surface area (TPSA) is 71.9 Å². The Kier molecular flexibility index (Phi) is 11.0. The number of aliphatic hydroxyl groups is 2. The average molecular weight is 603 g/mol. The lowest BCUT2D eigenvalue weighted by Gasteiger charge is -2.37. The number of aryl methyl sites for hydroxylation is 2. The van der Waals surface area contributed by atoms with Crippen LogP contribution in [0.5, 0.6) is 11.5 Å². The fourth-order valence-electron chi connectivity index (χ4n) is 6.22. The third-order valence-corrected chi connectivity index (χ3v) is 9.22. The van der Waals surface area contributed by atoms with Crippen molar-refractivity contribution in [3.8, 4) is 11.5 Å². The zero-order valence-corrected chi connectivity index (χ0v) is 26.9. The van der Waals surface area contributed by atoms with Crippen molar-refractivity contribution in [2.24, 2.45) is 0 Å². The van der Waals surface area contributed by atoms with Crippen LogP contribution in [0.4, 0.5) is 11.4 Å². The van der Waals surface area contributed by atoms with Gasteiger partial charge in [0.1, 0.15) is 36.9 Å². The first-order valence-corrected chi connectivity index (χ1v) is 16.1. The lowest BCUT2D eigenvalue weighted by atomic mass is 10.1. The second-order valence-electron chi connectivity index (χ2n) is 12.4. The molecule has 0 aliphatic carbocycles. The van der Waals surface area contributed by atoms with E-state index < -0.39 is 12.2 Å². The monoisotopic (exact) mass is 602 g/mol. The standard InChI is InChI=1S/C36H50N4O4/c1-27-7-5-9-35(29(27)3)39-19-15-37(16-20-39)23-31(41)25-43-33-11-13-34(14-12-33)44-26-32(42)24-38-17-21-40(22-18-38)36-10-6-8-28(2)30(36)4/h5-14,31-32,41-42H,15-26H2,1-4H3. The Labute approximate surface area is 263 Å². The SMILES string of the molecule is Cc1cccc(N2CCN(CC(O)COc3ccc(OCC(O)CN4CCN(c5cccc(C)c5C)CC4)cc3)CC2)c1C. The minimum absolute atomic E-state index is 0.243. The van der Waals surface area contributed by atoms with E-state index in [4.69, 9.17) is 9.47 Å². The van der Waals surface area contributed by atoms with Crippen LogP contribution in [0.3, 0.4) is 0 Å². The first-order chi connectivity index (χ1) is 21.3. The molecule has 2 saturated heterocycles. The smallest absolute Gasteiger partial charge is 0.119 e. The van der Waals surface area contributed by atoms with E-state index in [1.54, 1.807) is 0 Å². The van der Waals surface area contributed by atoms with E-state index in [1.807, 2.05) is 24.3 Å². The first kappa shape index (κ1) is 32.1. The molecule has 0 bridgehead atoms. The van der Waals surface area contributed by atoms with Crippen molar-refractivity contribution >= 4 is 11.4 Å². The van der Waals surface area contributed by atoms with E-state index in [1.165, 1.54) is 33.6 Å². The Balaban J connectivity index is 0.967. The molecular weight excluding hydrogens is 552 g/mol. The molecule has 2 fully saturated rings. The maximum absolute atomic E-state index is 10.6. The van der Waals surface area contributed by atoms with Gasteiger partial charge in [0, 0.05) is 76.8 Å². The van der Waals surface area contributed by atoms with Gasteiger partial charge in [-0.05, 0) is 86.3 Å². The van der Waals surface area contributed by atoms with Crippen LogP contribution < -0.4 is 19.3 Å². The summed E-state index contributed by atoms with van der Waals surface area (Å²) in [7, 11) is 0. The highest BCUT2D eigenvalue weighted by Gasteiger charge is 2.22. The summed E-state index contributed by atoms with van der Waals surface area (Å²) in [6.07, 6.45) is -1.12. The van der Waals surface area contributed by atoms with Crippen molar-refractivity contribution in [2.75, 3.05) is 88.5 Å². The molecule has 238 valence electrons. The summed E-state index contributed by atoms with van der Waals surface area (Å²) < 4.78 is 11.7. The number of hydrogen-bond donors (Lipinski definition) is 2. The number of anilines is 2. The van der Waals surface area contributed by atoms with Crippen LogP contribution in [0.1, 0.15) is 22.3 Å². The Morgan fingerprint density at radius 1 is 0.545 bits per heavy atom. The molecule has 2 heterocycles. The van der Waals surface area contributed by atoms with E-state index in [0.29, 0.717) is 24.6 Å². The normalized spacial score (nSPS) is 17.9. The van der Waals surface area contributed by atoms with Crippen LogP contribution in [0.15, 0.2) is 60.7 Å². The number of benzene rings is 3. The van der Waals surface area contributed by atoms with Crippen molar-refractivity contribution in [3.63, 3.8) is 0 Å². The molecule has 3 aromatic rings. The summed E-state index contributed by atoms with van der Waals surface area (Å²) in [5, 5.41) is 21.2. The molecule has 0 radical (unpaired) electrons. The largest absolute Gasteiger partial charge is 0.491 e. The van der Waals surface area contributed by atoms with E-state index >= 15 is 0 Å². The second kappa shape index (κ2) is 15.1. The molecular formula is C36H50N4O4. The van der Waals surface area contributed by atoms with Gasteiger partial charge in [-0.2, -0.15) is 0 Å². The summed E-state index contributed by atoms with van der Waals surface area (Å²) in [5.74, 6) is 1.39. The van der Waals surface area contributed by atoms with E-state index in [0.717, 1.165) is 52.4 Å². The van der Waals surface area contributed by atoms with Gasteiger partial charge in [0.2, 0.25) is 0 Å². The zero-order valence-electron chi connectivity index (χ0n) is 26.9. The molecule has 8 nitrogen and oxygen atoms in total. The van der Waals surface area contributed by atoms with E-state index in [2.05, 4.69) is 83.7 Å². The van der Waals surface area contributed by atoms with E-state index in [-0.39, 0.29) is 13.2 Å². The van der Waals surface area contributed by atoms with Crippen LogP contribution in [-0.4, -0.2) is 111 Å². The fourth-order valence-corrected chi connectivity index (χ4v) is 6.22. The number of rotatable bonds is 12. The predicted molar refractivity (Wildman–Crippen MR) is 179 cm³/mol. The number of ether oxygens (including phenoxy) is 2. The molecule has 0 spiro atoms. The van der Waals surface area contributed by atoms with Gasteiger partial charge < -0.3 is 29.5 Å². The summed E-state index contributed by atoms with van der Waals surface area (Å²) >= 11 is 0. The average Bonchev–Trinajstić information content (AvgIpc) is 3.03. The molecule has 0 aromatic heterocycles. The molecule has 5 rings (SSSR count). The Bertz CT molecular complexity index is 1230. The second-order valence-corrected chi connectivity index (χ2v) is 12.4. The van der Waals surface area contributed by atoms with Crippen LogP contribution >= 0.6 is 0 Å². The molecule has 2 atom stereocenters. The quantitative estimate of drug-likeness (QED) is 0.322. The Morgan fingerprint density at radius 3 is 1.27 bits per heavy atom. The molecule has 2 aliphatic heterocycles. The minimum Gasteiger partial charge on any atom is -0.491 e. The van der Waals surface area contributed by atoms with Crippen molar-refractivity contribution in [3.05, 3.63) is 82.9 Å².